The zero-order valence-corrected chi connectivity index (χ0v) is 23.6. The van der Waals surface area contributed by atoms with Crippen LogP contribution < -0.4 is 0 Å². The number of hydrogen-bond donors (Lipinski definition) is 0. The number of hydrogen-bond acceptors (Lipinski definition) is 3. The molecule has 0 aliphatic heterocycles. The lowest BCUT2D eigenvalue weighted by Gasteiger charge is -2.15. The van der Waals surface area contributed by atoms with Gasteiger partial charge in [0.15, 0.2) is 0 Å². The highest BCUT2D eigenvalue weighted by molar-refractivity contribution is 8.03. The molecule has 2 aromatic carbocycles. The second kappa shape index (κ2) is 19.6. The van der Waals surface area contributed by atoms with Gasteiger partial charge < -0.3 is 4.90 Å². The molecular weight excluding hydrogens is 455 g/mol. The first-order chi connectivity index (χ1) is 17.0. The van der Waals surface area contributed by atoms with Gasteiger partial charge in [-0.1, -0.05) is 101 Å². The van der Waals surface area contributed by atoms with E-state index >= 15 is 0 Å². The van der Waals surface area contributed by atoms with E-state index in [0.29, 0.717) is 6.42 Å². The Bertz CT molecular complexity index is 966. The molecule has 2 rings (SSSR count). The highest BCUT2D eigenvalue weighted by Crippen LogP contribution is 2.32. The normalized spacial score (nSPS) is 11.3. The smallest absolute Gasteiger partial charge is 0.226 e. The predicted molar refractivity (Wildman–Crippen MR) is 153 cm³/mol. The molecule has 0 N–H and O–H groups in total. The van der Waals surface area contributed by atoms with Gasteiger partial charge in [0.25, 0.3) is 0 Å². The molecule has 0 spiro atoms. The van der Waals surface area contributed by atoms with Crippen LogP contribution in [0.25, 0.3) is 0 Å². The lowest BCUT2D eigenvalue weighted by molar-refractivity contribution is -0.129. The molecule has 192 valence electrons. The van der Waals surface area contributed by atoms with Crippen molar-refractivity contribution in [3.63, 3.8) is 0 Å². The van der Waals surface area contributed by atoms with E-state index < -0.39 is 0 Å². The van der Waals surface area contributed by atoms with E-state index in [1.54, 1.807) is 29.8 Å². The van der Waals surface area contributed by atoms with Crippen LogP contribution in [0.5, 0.6) is 0 Å². The minimum Gasteiger partial charge on any atom is -0.345 e. The average molecular weight is 499 g/mol. The SMILES string of the molecule is C/C=C(\C=C/CC(=O)N(C)CCCC)Sc1ccccc1C(=NC)c1cccc(F)c1.CC.CC. The van der Waals surface area contributed by atoms with Gasteiger partial charge in [-0.15, -0.1) is 0 Å². The Labute approximate surface area is 217 Å². The number of thioether (sulfide) groups is 1. The molecule has 0 unspecified atom stereocenters. The van der Waals surface area contributed by atoms with E-state index in [1.165, 1.54) is 12.1 Å². The Kier molecular flexibility index (Phi) is 18.1. The average Bonchev–Trinajstić information content (AvgIpc) is 2.90. The maximum absolute atomic E-state index is 13.8. The van der Waals surface area contributed by atoms with Gasteiger partial charge >= 0.3 is 0 Å². The van der Waals surface area contributed by atoms with E-state index in [9.17, 15) is 9.18 Å². The van der Waals surface area contributed by atoms with Gasteiger partial charge in [0.05, 0.1) is 5.71 Å². The molecule has 3 nitrogen and oxygen atoms in total. The summed E-state index contributed by atoms with van der Waals surface area (Å²) in [5.41, 5.74) is 2.44. The van der Waals surface area contributed by atoms with Crippen LogP contribution >= 0.6 is 11.8 Å². The third kappa shape index (κ3) is 11.5. The van der Waals surface area contributed by atoms with Gasteiger partial charge in [-0.3, -0.25) is 9.79 Å². The Morgan fingerprint density at radius 3 is 2.37 bits per heavy atom. The Morgan fingerprint density at radius 1 is 1.09 bits per heavy atom. The monoisotopic (exact) mass is 498 g/mol. The molecule has 0 aliphatic carbocycles. The van der Waals surface area contributed by atoms with Gasteiger partial charge in [0.2, 0.25) is 5.91 Å². The first kappa shape index (κ1) is 32.3. The summed E-state index contributed by atoms with van der Waals surface area (Å²) >= 11 is 1.61. The molecule has 5 heteroatoms. The molecule has 0 saturated heterocycles. The fourth-order valence-electron chi connectivity index (χ4n) is 3.06. The van der Waals surface area contributed by atoms with Crippen molar-refractivity contribution >= 4 is 23.4 Å². The van der Waals surface area contributed by atoms with E-state index in [-0.39, 0.29) is 11.7 Å². The van der Waals surface area contributed by atoms with Gasteiger partial charge in [0.1, 0.15) is 5.82 Å². The van der Waals surface area contributed by atoms with Crippen LogP contribution in [-0.4, -0.2) is 37.2 Å². The third-order valence-corrected chi connectivity index (χ3v) is 6.01. The maximum Gasteiger partial charge on any atom is 0.226 e. The zero-order chi connectivity index (χ0) is 26.6. The molecule has 0 aliphatic rings. The highest BCUT2D eigenvalue weighted by atomic mass is 32.2. The summed E-state index contributed by atoms with van der Waals surface area (Å²) < 4.78 is 13.8. The van der Waals surface area contributed by atoms with Crippen LogP contribution in [0.1, 0.15) is 71.9 Å². The van der Waals surface area contributed by atoms with E-state index in [2.05, 4.69) is 11.9 Å². The number of benzene rings is 2. The molecule has 0 bridgehead atoms. The maximum atomic E-state index is 13.8. The number of unbranched alkanes of at least 4 members (excludes halogenated alkanes) is 1. The van der Waals surface area contributed by atoms with Crippen molar-refractivity contribution < 1.29 is 9.18 Å². The topological polar surface area (TPSA) is 32.7 Å². The van der Waals surface area contributed by atoms with Gasteiger partial charge in [-0.25, -0.2) is 4.39 Å². The lowest BCUT2D eigenvalue weighted by Crippen LogP contribution is -2.26. The van der Waals surface area contributed by atoms with Crippen LogP contribution in [-0.2, 0) is 4.79 Å². The number of allylic oxidation sites excluding steroid dienone is 2. The van der Waals surface area contributed by atoms with Crippen LogP contribution in [0, 0.1) is 5.82 Å². The second-order valence-corrected chi connectivity index (χ2v) is 8.26. The summed E-state index contributed by atoms with van der Waals surface area (Å²) in [4.78, 5) is 20.5. The molecule has 35 heavy (non-hydrogen) atoms. The zero-order valence-electron chi connectivity index (χ0n) is 22.8. The number of amides is 1. The van der Waals surface area contributed by atoms with Crippen molar-refractivity contribution in [3.05, 3.63) is 88.6 Å². The van der Waals surface area contributed by atoms with Crippen LogP contribution in [0.3, 0.4) is 0 Å². The minimum absolute atomic E-state index is 0.122. The van der Waals surface area contributed by atoms with E-state index in [0.717, 1.165) is 46.0 Å². The Morgan fingerprint density at radius 2 is 1.77 bits per heavy atom. The van der Waals surface area contributed by atoms with Gasteiger partial charge in [-0.05, 0) is 31.5 Å². The van der Waals surface area contributed by atoms with Crippen molar-refractivity contribution in [2.75, 3.05) is 20.6 Å². The van der Waals surface area contributed by atoms with Gasteiger partial charge in [-0.2, -0.15) is 0 Å². The Hall–Kier alpha value is -2.66. The highest BCUT2D eigenvalue weighted by Gasteiger charge is 2.13. The molecule has 0 fully saturated rings. The standard InChI is InChI=1S/C26H31FN2OS.2C2H6/c1-5-7-18-29(4)25(30)17-11-14-22(6-2)31-24-16-9-8-15-23(24)26(28-3)20-12-10-13-21(27)19-20;2*1-2/h6,8-16,19H,5,7,17-18H2,1-4H3;2*1-2H3/b14-11-,22-6+,28-26?;;. The quantitative estimate of drug-likeness (QED) is 0.187. The van der Waals surface area contributed by atoms with Crippen LogP contribution in [0.2, 0.25) is 0 Å². The predicted octanol–water partition coefficient (Wildman–Crippen LogP) is 8.55. The first-order valence-corrected chi connectivity index (χ1v) is 13.4. The lowest BCUT2D eigenvalue weighted by atomic mass is 10.0. The summed E-state index contributed by atoms with van der Waals surface area (Å²) in [7, 11) is 3.57. The third-order valence-electron chi connectivity index (χ3n) is 4.82. The molecule has 0 atom stereocenters. The number of nitrogens with zero attached hydrogens (tertiary/aromatic N) is 2. The second-order valence-electron chi connectivity index (χ2n) is 7.15. The summed E-state index contributed by atoms with van der Waals surface area (Å²) in [6.45, 7) is 12.9. The fraction of sp³-hybridized carbons (Fsp3) is 0.400. The molecular formula is C30H43FN2OS. The number of carbonyl (C=O) groups excluding carboxylic acids is 1. The van der Waals surface area contributed by atoms with Crippen molar-refractivity contribution in [1.29, 1.82) is 0 Å². The van der Waals surface area contributed by atoms with Crippen molar-refractivity contribution in [2.24, 2.45) is 4.99 Å². The largest absolute Gasteiger partial charge is 0.345 e. The fourth-order valence-corrected chi connectivity index (χ4v) is 4.02. The summed E-state index contributed by atoms with van der Waals surface area (Å²) in [6.07, 6.45) is 8.39. The number of halogens is 1. The van der Waals surface area contributed by atoms with E-state index in [4.69, 9.17) is 0 Å². The molecule has 2 aromatic rings. The van der Waals surface area contributed by atoms with Crippen molar-refractivity contribution in [2.45, 2.75) is 65.7 Å². The molecule has 1 amide bonds. The van der Waals surface area contributed by atoms with Gasteiger partial charge in [0, 0.05) is 48.0 Å². The molecule has 0 aromatic heterocycles. The molecule has 0 saturated carbocycles. The minimum atomic E-state index is -0.283. The molecule has 0 radical (unpaired) electrons. The summed E-state index contributed by atoms with van der Waals surface area (Å²) in [5.74, 6) is -0.161. The number of carbonyl (C=O) groups is 1. The van der Waals surface area contributed by atoms with E-state index in [1.807, 2.05) is 90.2 Å². The number of aliphatic imine (C=N–C) groups is 1. The molecule has 0 heterocycles. The first-order valence-electron chi connectivity index (χ1n) is 12.6. The number of rotatable bonds is 10. The van der Waals surface area contributed by atoms with Crippen LogP contribution in [0.15, 0.2) is 81.6 Å². The van der Waals surface area contributed by atoms with Crippen LogP contribution in [0.4, 0.5) is 4.39 Å². The summed E-state index contributed by atoms with van der Waals surface area (Å²) in [5, 5.41) is 0. The summed E-state index contributed by atoms with van der Waals surface area (Å²) in [6, 6.07) is 14.5. The van der Waals surface area contributed by atoms with Crippen molar-refractivity contribution in [3.8, 4) is 0 Å². The Balaban J connectivity index is 0.00000274. The van der Waals surface area contributed by atoms with Crippen molar-refractivity contribution in [1.82, 2.24) is 4.90 Å².